The zero-order valence-corrected chi connectivity index (χ0v) is 10.6. The number of hydrogen-bond acceptors (Lipinski definition) is 1. The number of hydrogen-bond donors (Lipinski definition) is 1. The summed E-state index contributed by atoms with van der Waals surface area (Å²) in [4.78, 5) is 0. The fourth-order valence-corrected chi connectivity index (χ4v) is 4.83. The molecule has 1 heteroatoms. The third-order valence-corrected chi connectivity index (χ3v) is 5.70. The van der Waals surface area contributed by atoms with Crippen molar-refractivity contribution >= 4 is 0 Å². The molecule has 3 aliphatic rings. The lowest BCUT2D eigenvalue weighted by Crippen LogP contribution is -2.37. The Labute approximate surface area is 100 Å². The monoisotopic (exact) mass is 221 g/mol. The van der Waals surface area contributed by atoms with Crippen molar-refractivity contribution in [3.63, 3.8) is 0 Å². The molecule has 2 aliphatic carbocycles. The number of nitrogens with one attached hydrogen (secondary N) is 1. The second kappa shape index (κ2) is 4.68. The molecule has 1 saturated heterocycles. The minimum atomic E-state index is 0.736. The van der Waals surface area contributed by atoms with Gasteiger partial charge in [0.25, 0.3) is 0 Å². The van der Waals surface area contributed by atoms with E-state index in [2.05, 4.69) is 5.32 Å². The van der Waals surface area contributed by atoms with Gasteiger partial charge in [0, 0.05) is 6.54 Å². The molecule has 1 nitrogen and oxygen atoms in total. The van der Waals surface area contributed by atoms with Crippen LogP contribution in [0.1, 0.15) is 64.2 Å². The minimum Gasteiger partial charge on any atom is -0.316 e. The summed E-state index contributed by atoms with van der Waals surface area (Å²) < 4.78 is 0. The summed E-state index contributed by atoms with van der Waals surface area (Å²) in [6.45, 7) is 2.68. The lowest BCUT2D eigenvalue weighted by molar-refractivity contribution is 0.0842. The van der Waals surface area contributed by atoms with E-state index in [4.69, 9.17) is 0 Å². The fourth-order valence-electron chi connectivity index (χ4n) is 4.83. The quantitative estimate of drug-likeness (QED) is 0.711. The Morgan fingerprint density at radius 1 is 0.812 bits per heavy atom. The molecule has 1 N–H and O–H groups in total. The second-order valence-corrected chi connectivity index (χ2v) is 6.56. The van der Waals surface area contributed by atoms with Crippen LogP contribution in [-0.4, -0.2) is 13.1 Å². The highest BCUT2D eigenvalue weighted by Crippen LogP contribution is 2.50. The molecular weight excluding hydrogens is 194 g/mol. The van der Waals surface area contributed by atoms with Crippen molar-refractivity contribution in [2.24, 2.45) is 17.3 Å². The van der Waals surface area contributed by atoms with Gasteiger partial charge in [-0.05, 0) is 36.6 Å². The Bertz CT molecular complexity index is 224. The molecule has 0 radical (unpaired) electrons. The van der Waals surface area contributed by atoms with Gasteiger partial charge in [0.05, 0.1) is 0 Å². The largest absolute Gasteiger partial charge is 0.316 e. The molecule has 0 aromatic heterocycles. The lowest BCUT2D eigenvalue weighted by atomic mass is 9.61. The zero-order valence-electron chi connectivity index (χ0n) is 10.6. The van der Waals surface area contributed by atoms with Gasteiger partial charge in [0.2, 0.25) is 0 Å². The Kier molecular flexibility index (Phi) is 3.24. The maximum atomic E-state index is 3.73. The molecule has 92 valence electrons. The normalized spacial score (nSPS) is 35.6. The minimum absolute atomic E-state index is 0.736. The summed E-state index contributed by atoms with van der Waals surface area (Å²) in [5, 5.41) is 3.73. The van der Waals surface area contributed by atoms with Crippen LogP contribution in [-0.2, 0) is 0 Å². The molecule has 0 aromatic rings. The number of rotatable bonds is 1. The Hall–Kier alpha value is -0.0400. The van der Waals surface area contributed by atoms with Crippen LogP contribution < -0.4 is 5.32 Å². The molecule has 1 aliphatic heterocycles. The molecular formula is C15H27N. The van der Waals surface area contributed by atoms with E-state index in [1.165, 1.54) is 77.3 Å². The molecule has 3 fully saturated rings. The van der Waals surface area contributed by atoms with Crippen molar-refractivity contribution in [1.29, 1.82) is 0 Å². The molecule has 1 unspecified atom stereocenters. The highest BCUT2D eigenvalue weighted by atomic mass is 14.9. The zero-order chi connectivity index (χ0) is 10.8. The van der Waals surface area contributed by atoms with E-state index in [9.17, 15) is 0 Å². The van der Waals surface area contributed by atoms with Gasteiger partial charge >= 0.3 is 0 Å². The standard InChI is InChI=1S/C15H27N/c1-3-7-13(8-4-1)14-11-16-12-15(14)9-5-2-6-10-15/h13-14,16H,1-12H2. The topological polar surface area (TPSA) is 12.0 Å². The molecule has 0 aromatic carbocycles. The molecule has 3 rings (SSSR count). The lowest BCUT2D eigenvalue weighted by Gasteiger charge is -2.43. The molecule has 0 amide bonds. The molecule has 1 spiro atoms. The second-order valence-electron chi connectivity index (χ2n) is 6.56. The van der Waals surface area contributed by atoms with E-state index >= 15 is 0 Å². The summed E-state index contributed by atoms with van der Waals surface area (Å²) in [5.74, 6) is 2.11. The van der Waals surface area contributed by atoms with Crippen LogP contribution in [0.25, 0.3) is 0 Å². The maximum absolute atomic E-state index is 3.73. The van der Waals surface area contributed by atoms with E-state index in [0.29, 0.717) is 0 Å². The first kappa shape index (κ1) is 11.1. The first-order chi connectivity index (χ1) is 7.91. The van der Waals surface area contributed by atoms with Crippen LogP contribution in [0.5, 0.6) is 0 Å². The summed E-state index contributed by atoms with van der Waals surface area (Å²) in [7, 11) is 0. The molecule has 1 atom stereocenters. The van der Waals surface area contributed by atoms with E-state index in [1.807, 2.05) is 0 Å². The molecule has 16 heavy (non-hydrogen) atoms. The van der Waals surface area contributed by atoms with Gasteiger partial charge in [-0.25, -0.2) is 0 Å². The maximum Gasteiger partial charge on any atom is 0.00112 e. The van der Waals surface area contributed by atoms with Crippen LogP contribution in [0.4, 0.5) is 0 Å². The third-order valence-electron chi connectivity index (χ3n) is 5.70. The van der Waals surface area contributed by atoms with Crippen molar-refractivity contribution in [3.8, 4) is 0 Å². The van der Waals surface area contributed by atoms with Gasteiger partial charge in [-0.3, -0.25) is 0 Å². The van der Waals surface area contributed by atoms with Crippen LogP contribution in [0.3, 0.4) is 0 Å². The van der Waals surface area contributed by atoms with Crippen molar-refractivity contribution in [1.82, 2.24) is 5.32 Å². The van der Waals surface area contributed by atoms with Crippen molar-refractivity contribution in [2.45, 2.75) is 64.2 Å². The first-order valence-electron chi connectivity index (χ1n) is 7.61. The van der Waals surface area contributed by atoms with Crippen molar-refractivity contribution < 1.29 is 0 Å². The summed E-state index contributed by atoms with van der Waals surface area (Å²) in [6, 6.07) is 0. The van der Waals surface area contributed by atoms with Crippen LogP contribution in [0.15, 0.2) is 0 Å². The molecule has 2 saturated carbocycles. The van der Waals surface area contributed by atoms with Crippen LogP contribution >= 0.6 is 0 Å². The van der Waals surface area contributed by atoms with Crippen molar-refractivity contribution in [3.05, 3.63) is 0 Å². The highest BCUT2D eigenvalue weighted by molar-refractivity contribution is 4.99. The highest BCUT2D eigenvalue weighted by Gasteiger charge is 2.46. The summed E-state index contributed by atoms with van der Waals surface area (Å²) in [5.41, 5.74) is 0.736. The van der Waals surface area contributed by atoms with Crippen LogP contribution in [0.2, 0.25) is 0 Å². The first-order valence-corrected chi connectivity index (χ1v) is 7.61. The van der Waals surface area contributed by atoms with Gasteiger partial charge < -0.3 is 5.32 Å². The van der Waals surface area contributed by atoms with E-state index in [1.54, 1.807) is 0 Å². The van der Waals surface area contributed by atoms with Gasteiger partial charge in [0.15, 0.2) is 0 Å². The fraction of sp³-hybridized carbons (Fsp3) is 1.00. The van der Waals surface area contributed by atoms with Gasteiger partial charge in [-0.1, -0.05) is 51.4 Å². The predicted molar refractivity (Wildman–Crippen MR) is 68.5 cm³/mol. The average Bonchev–Trinajstić information content (AvgIpc) is 2.75. The Morgan fingerprint density at radius 3 is 2.25 bits per heavy atom. The molecule has 0 bridgehead atoms. The smallest absolute Gasteiger partial charge is 0.00112 e. The van der Waals surface area contributed by atoms with Gasteiger partial charge in [0.1, 0.15) is 0 Å². The average molecular weight is 221 g/mol. The van der Waals surface area contributed by atoms with Gasteiger partial charge in [-0.2, -0.15) is 0 Å². The summed E-state index contributed by atoms with van der Waals surface area (Å²) in [6.07, 6.45) is 15.2. The van der Waals surface area contributed by atoms with E-state index in [0.717, 1.165) is 17.3 Å². The molecule has 1 heterocycles. The van der Waals surface area contributed by atoms with Crippen LogP contribution in [0, 0.1) is 17.3 Å². The van der Waals surface area contributed by atoms with Crippen molar-refractivity contribution in [2.75, 3.05) is 13.1 Å². The Morgan fingerprint density at radius 2 is 1.50 bits per heavy atom. The summed E-state index contributed by atoms with van der Waals surface area (Å²) >= 11 is 0. The third kappa shape index (κ3) is 1.92. The van der Waals surface area contributed by atoms with Gasteiger partial charge in [-0.15, -0.1) is 0 Å². The Balaban J connectivity index is 1.71. The predicted octanol–water partition coefficient (Wildman–Crippen LogP) is 3.74. The van der Waals surface area contributed by atoms with E-state index < -0.39 is 0 Å². The SMILES string of the molecule is C1CCC(C2CNCC23CCCCC3)CC1. The van der Waals surface area contributed by atoms with E-state index in [-0.39, 0.29) is 0 Å².